The van der Waals surface area contributed by atoms with Crippen LogP contribution in [-0.2, 0) is 17.6 Å². The molecule has 0 saturated carbocycles. The van der Waals surface area contributed by atoms with Crippen LogP contribution in [0.1, 0.15) is 44.0 Å². The van der Waals surface area contributed by atoms with Crippen LogP contribution >= 0.6 is 0 Å². The van der Waals surface area contributed by atoms with Gasteiger partial charge in [0.25, 0.3) is 0 Å². The first-order valence-corrected chi connectivity index (χ1v) is 9.23. The highest BCUT2D eigenvalue weighted by atomic mass is 16.2. The standard InChI is InChI=1S/C20H27N5O/c1-12(2)22-20(26)14(4)25(5)19-15-7-6-8-16(15)23-18(24-19)17-11-13(3)9-10-21-17/h9-12,14H,6-8H2,1-5H3,(H,22,26). The molecule has 2 aromatic heterocycles. The molecular weight excluding hydrogens is 326 g/mol. The average Bonchev–Trinajstić information content (AvgIpc) is 3.07. The van der Waals surface area contributed by atoms with Crippen molar-refractivity contribution >= 4 is 11.7 Å². The van der Waals surface area contributed by atoms with Crippen LogP contribution in [0, 0.1) is 6.92 Å². The molecule has 0 aliphatic heterocycles. The molecule has 2 aromatic rings. The number of pyridine rings is 1. The van der Waals surface area contributed by atoms with E-state index in [1.54, 1.807) is 6.20 Å². The number of fused-ring (bicyclic) bond motifs is 1. The second kappa shape index (κ2) is 7.40. The van der Waals surface area contributed by atoms with Crippen LogP contribution in [0.5, 0.6) is 0 Å². The topological polar surface area (TPSA) is 71.0 Å². The van der Waals surface area contributed by atoms with E-state index in [2.05, 4.69) is 10.3 Å². The zero-order valence-electron chi connectivity index (χ0n) is 16.2. The molecule has 1 unspecified atom stereocenters. The molecule has 0 fully saturated rings. The first-order valence-electron chi connectivity index (χ1n) is 9.23. The Morgan fingerprint density at radius 3 is 2.69 bits per heavy atom. The summed E-state index contributed by atoms with van der Waals surface area (Å²) in [6.45, 7) is 7.87. The van der Waals surface area contributed by atoms with Gasteiger partial charge >= 0.3 is 0 Å². The minimum absolute atomic E-state index is 0.00286. The Balaban J connectivity index is 1.99. The second-order valence-electron chi connectivity index (χ2n) is 7.32. The summed E-state index contributed by atoms with van der Waals surface area (Å²) in [5.74, 6) is 1.48. The van der Waals surface area contributed by atoms with E-state index in [4.69, 9.17) is 9.97 Å². The molecule has 0 spiro atoms. The fraction of sp³-hybridized carbons (Fsp3) is 0.500. The number of carbonyl (C=O) groups is 1. The number of aromatic nitrogens is 3. The normalized spacial score (nSPS) is 14.2. The Bertz CT molecular complexity index is 818. The van der Waals surface area contributed by atoms with Gasteiger partial charge in [-0.1, -0.05) is 0 Å². The van der Waals surface area contributed by atoms with Crippen molar-refractivity contribution in [2.45, 2.75) is 59.0 Å². The number of likely N-dealkylation sites (N-methyl/N-ethyl adjacent to an activating group) is 1. The van der Waals surface area contributed by atoms with Crippen LogP contribution in [0.25, 0.3) is 11.5 Å². The van der Waals surface area contributed by atoms with Crippen LogP contribution < -0.4 is 10.2 Å². The molecule has 1 N–H and O–H groups in total. The molecule has 0 saturated heterocycles. The third kappa shape index (κ3) is 3.69. The van der Waals surface area contributed by atoms with Gasteiger partial charge < -0.3 is 10.2 Å². The summed E-state index contributed by atoms with van der Waals surface area (Å²) in [6.07, 6.45) is 4.75. The molecule has 3 rings (SSSR count). The molecular formula is C20H27N5O. The lowest BCUT2D eigenvalue weighted by Gasteiger charge is -2.28. The number of rotatable bonds is 5. The van der Waals surface area contributed by atoms with E-state index >= 15 is 0 Å². The summed E-state index contributed by atoms with van der Waals surface area (Å²) in [7, 11) is 1.93. The van der Waals surface area contributed by atoms with Gasteiger partial charge in [0.1, 0.15) is 17.6 Å². The summed E-state index contributed by atoms with van der Waals surface area (Å²) in [5, 5.41) is 2.98. The van der Waals surface area contributed by atoms with E-state index in [-0.39, 0.29) is 18.0 Å². The molecule has 1 aliphatic rings. The Morgan fingerprint density at radius 2 is 2.00 bits per heavy atom. The first kappa shape index (κ1) is 18.3. The van der Waals surface area contributed by atoms with Crippen molar-refractivity contribution in [2.75, 3.05) is 11.9 Å². The lowest BCUT2D eigenvalue weighted by molar-refractivity contribution is -0.122. The predicted octanol–water partition coefficient (Wildman–Crippen LogP) is 2.69. The van der Waals surface area contributed by atoms with Gasteiger partial charge in [-0.3, -0.25) is 9.78 Å². The minimum atomic E-state index is -0.310. The maximum atomic E-state index is 12.5. The Labute approximate surface area is 155 Å². The largest absolute Gasteiger partial charge is 0.352 e. The zero-order valence-corrected chi connectivity index (χ0v) is 16.2. The van der Waals surface area contributed by atoms with Crippen molar-refractivity contribution < 1.29 is 4.79 Å². The van der Waals surface area contributed by atoms with Gasteiger partial charge in [0, 0.05) is 30.5 Å². The van der Waals surface area contributed by atoms with E-state index in [0.29, 0.717) is 5.82 Å². The lowest BCUT2D eigenvalue weighted by Crippen LogP contribution is -2.46. The number of nitrogens with zero attached hydrogens (tertiary/aromatic N) is 4. The number of amides is 1. The SMILES string of the molecule is Cc1ccnc(-c2nc3c(c(N(C)C(C)C(=O)NC(C)C)n2)CCC3)c1. The van der Waals surface area contributed by atoms with Crippen molar-refractivity contribution in [3.8, 4) is 11.5 Å². The molecule has 2 heterocycles. The molecule has 0 radical (unpaired) electrons. The number of carbonyl (C=O) groups excluding carboxylic acids is 1. The van der Waals surface area contributed by atoms with Gasteiger partial charge in [0.2, 0.25) is 5.91 Å². The molecule has 138 valence electrons. The maximum absolute atomic E-state index is 12.5. The average molecular weight is 353 g/mol. The monoisotopic (exact) mass is 353 g/mol. The first-order chi connectivity index (χ1) is 12.4. The molecule has 1 atom stereocenters. The Morgan fingerprint density at radius 1 is 1.23 bits per heavy atom. The number of hydrogen-bond donors (Lipinski definition) is 1. The lowest BCUT2D eigenvalue weighted by atomic mass is 10.1. The van der Waals surface area contributed by atoms with Crippen molar-refractivity contribution in [1.82, 2.24) is 20.3 Å². The van der Waals surface area contributed by atoms with Gasteiger partial charge in [-0.25, -0.2) is 9.97 Å². The molecule has 6 nitrogen and oxygen atoms in total. The Hall–Kier alpha value is -2.50. The van der Waals surface area contributed by atoms with Gasteiger partial charge in [0.05, 0.1) is 0 Å². The smallest absolute Gasteiger partial charge is 0.242 e. The summed E-state index contributed by atoms with van der Waals surface area (Å²) in [4.78, 5) is 28.4. The highest BCUT2D eigenvalue weighted by Gasteiger charge is 2.27. The number of aryl methyl sites for hydroxylation is 2. The fourth-order valence-electron chi connectivity index (χ4n) is 3.24. The van der Waals surface area contributed by atoms with Crippen LogP contribution in [-0.4, -0.2) is 40.0 Å². The second-order valence-corrected chi connectivity index (χ2v) is 7.32. The summed E-state index contributed by atoms with van der Waals surface area (Å²) < 4.78 is 0. The van der Waals surface area contributed by atoms with Crippen LogP contribution in [0.4, 0.5) is 5.82 Å². The summed E-state index contributed by atoms with van der Waals surface area (Å²) >= 11 is 0. The van der Waals surface area contributed by atoms with Crippen molar-refractivity contribution in [1.29, 1.82) is 0 Å². The number of hydrogen-bond acceptors (Lipinski definition) is 5. The molecule has 0 bridgehead atoms. The quantitative estimate of drug-likeness (QED) is 0.895. The van der Waals surface area contributed by atoms with E-state index < -0.39 is 0 Å². The number of nitrogens with one attached hydrogen (secondary N) is 1. The minimum Gasteiger partial charge on any atom is -0.352 e. The highest BCUT2D eigenvalue weighted by Crippen LogP contribution is 2.31. The molecule has 0 aromatic carbocycles. The maximum Gasteiger partial charge on any atom is 0.242 e. The number of anilines is 1. The third-order valence-electron chi connectivity index (χ3n) is 4.78. The van der Waals surface area contributed by atoms with Gasteiger partial charge in [-0.2, -0.15) is 0 Å². The summed E-state index contributed by atoms with van der Waals surface area (Å²) in [5.41, 5.74) is 4.14. The van der Waals surface area contributed by atoms with Gasteiger partial charge in [0.15, 0.2) is 5.82 Å². The Kier molecular flexibility index (Phi) is 5.20. The van der Waals surface area contributed by atoms with Crippen molar-refractivity contribution in [3.05, 3.63) is 35.2 Å². The third-order valence-corrected chi connectivity index (χ3v) is 4.78. The van der Waals surface area contributed by atoms with Gasteiger partial charge in [-0.05, 0) is 64.7 Å². The van der Waals surface area contributed by atoms with E-state index in [9.17, 15) is 4.79 Å². The molecule has 6 heteroatoms. The van der Waals surface area contributed by atoms with E-state index in [1.165, 1.54) is 0 Å². The van der Waals surface area contributed by atoms with E-state index in [1.807, 2.05) is 51.8 Å². The van der Waals surface area contributed by atoms with E-state index in [0.717, 1.165) is 47.6 Å². The van der Waals surface area contributed by atoms with Crippen LogP contribution in [0.15, 0.2) is 18.3 Å². The van der Waals surface area contributed by atoms with Crippen molar-refractivity contribution in [3.63, 3.8) is 0 Å². The summed E-state index contributed by atoms with van der Waals surface area (Å²) in [6, 6.07) is 3.76. The zero-order chi connectivity index (χ0) is 18.8. The molecule has 1 aliphatic carbocycles. The predicted molar refractivity (Wildman–Crippen MR) is 103 cm³/mol. The molecule has 26 heavy (non-hydrogen) atoms. The highest BCUT2D eigenvalue weighted by molar-refractivity contribution is 5.85. The van der Waals surface area contributed by atoms with Crippen molar-refractivity contribution in [2.24, 2.45) is 0 Å². The van der Waals surface area contributed by atoms with Crippen LogP contribution in [0.3, 0.4) is 0 Å². The van der Waals surface area contributed by atoms with Gasteiger partial charge in [-0.15, -0.1) is 0 Å². The van der Waals surface area contributed by atoms with Crippen LogP contribution in [0.2, 0.25) is 0 Å². The molecule has 1 amide bonds. The fourth-order valence-corrected chi connectivity index (χ4v) is 3.24.